The van der Waals surface area contributed by atoms with Gasteiger partial charge < -0.3 is 25.7 Å². The Bertz CT molecular complexity index is 695. The van der Waals surface area contributed by atoms with Gasteiger partial charge in [0.1, 0.15) is 11.7 Å². The van der Waals surface area contributed by atoms with Crippen LogP contribution in [0.2, 0.25) is 0 Å². The van der Waals surface area contributed by atoms with Crippen molar-refractivity contribution in [3.8, 4) is 0 Å². The molecule has 0 saturated heterocycles. The molecule has 1 rings (SSSR count). The van der Waals surface area contributed by atoms with Crippen LogP contribution >= 0.6 is 31.9 Å². The smallest absolute Gasteiger partial charge is 0.326 e. The summed E-state index contributed by atoms with van der Waals surface area (Å²) in [7, 11) is 0. The SMILES string of the molecule is O=C(O)CC[C@H](NC(=O)Nc1cc(F)c(N(CCBr)CCBr)c(F)c1)C(=O)O. The molecule has 1 aromatic carbocycles. The summed E-state index contributed by atoms with van der Waals surface area (Å²) in [4.78, 5) is 35.0. The molecule has 0 aromatic heterocycles. The number of aliphatic carboxylic acids is 2. The highest BCUT2D eigenvalue weighted by molar-refractivity contribution is 9.09. The Morgan fingerprint density at radius 2 is 1.61 bits per heavy atom. The van der Waals surface area contributed by atoms with Crippen molar-refractivity contribution in [2.75, 3.05) is 34.0 Å². The number of halogens is 4. The van der Waals surface area contributed by atoms with Crippen molar-refractivity contribution < 1.29 is 33.4 Å². The Hall–Kier alpha value is -1.95. The molecule has 0 radical (unpaired) electrons. The first-order chi connectivity index (χ1) is 13.2. The fourth-order valence-corrected chi connectivity index (χ4v) is 3.19. The summed E-state index contributed by atoms with van der Waals surface area (Å²) in [6.07, 6.45) is -0.806. The van der Waals surface area contributed by atoms with Gasteiger partial charge in [-0.15, -0.1) is 0 Å². The van der Waals surface area contributed by atoms with E-state index < -0.39 is 42.1 Å². The summed E-state index contributed by atoms with van der Waals surface area (Å²) in [5.74, 6) is -4.43. The third-order valence-electron chi connectivity index (χ3n) is 3.55. The zero-order valence-electron chi connectivity index (χ0n) is 14.6. The van der Waals surface area contributed by atoms with Crippen LogP contribution in [-0.4, -0.2) is 58.0 Å². The molecule has 1 atom stereocenters. The number of nitrogens with one attached hydrogen (secondary N) is 2. The number of amides is 2. The molecule has 0 bridgehead atoms. The van der Waals surface area contributed by atoms with Crippen molar-refractivity contribution in [2.24, 2.45) is 0 Å². The van der Waals surface area contributed by atoms with Gasteiger partial charge in [-0.05, 0) is 18.6 Å². The number of alkyl halides is 2. The molecular formula is C16H19Br2F2N3O5. The van der Waals surface area contributed by atoms with Crippen LogP contribution in [0.3, 0.4) is 0 Å². The van der Waals surface area contributed by atoms with Gasteiger partial charge in [0.15, 0.2) is 11.6 Å². The van der Waals surface area contributed by atoms with E-state index in [0.29, 0.717) is 23.7 Å². The molecule has 0 spiro atoms. The highest BCUT2D eigenvalue weighted by Crippen LogP contribution is 2.27. The summed E-state index contributed by atoms with van der Waals surface area (Å²) in [6, 6.07) is -0.651. The normalized spacial score (nSPS) is 11.6. The van der Waals surface area contributed by atoms with Crippen molar-refractivity contribution >= 4 is 61.2 Å². The van der Waals surface area contributed by atoms with Crippen LogP contribution in [-0.2, 0) is 9.59 Å². The highest BCUT2D eigenvalue weighted by Gasteiger charge is 2.22. The molecule has 12 heteroatoms. The minimum Gasteiger partial charge on any atom is -0.481 e. The highest BCUT2D eigenvalue weighted by atomic mass is 79.9. The molecule has 2 amide bonds. The van der Waals surface area contributed by atoms with Gasteiger partial charge in [-0.2, -0.15) is 0 Å². The molecule has 0 unspecified atom stereocenters. The van der Waals surface area contributed by atoms with E-state index in [2.05, 4.69) is 42.5 Å². The summed E-state index contributed by atoms with van der Waals surface area (Å²) in [6.45, 7) is 0.715. The average molecular weight is 531 g/mol. The van der Waals surface area contributed by atoms with Crippen LogP contribution in [0, 0.1) is 11.6 Å². The molecule has 1 aromatic rings. The first-order valence-electron chi connectivity index (χ1n) is 8.07. The van der Waals surface area contributed by atoms with Gasteiger partial charge in [0.25, 0.3) is 0 Å². The molecule has 28 heavy (non-hydrogen) atoms. The van der Waals surface area contributed by atoms with E-state index in [4.69, 9.17) is 10.2 Å². The van der Waals surface area contributed by atoms with E-state index >= 15 is 0 Å². The van der Waals surface area contributed by atoms with Gasteiger partial charge in [0.2, 0.25) is 0 Å². The van der Waals surface area contributed by atoms with Gasteiger partial charge >= 0.3 is 18.0 Å². The third-order valence-corrected chi connectivity index (χ3v) is 4.26. The summed E-state index contributed by atoms with van der Waals surface area (Å²) in [5.41, 5.74) is -0.453. The molecule has 0 aliphatic rings. The van der Waals surface area contributed by atoms with Gasteiger partial charge in [0.05, 0.1) is 0 Å². The van der Waals surface area contributed by atoms with Crippen molar-refractivity contribution in [1.29, 1.82) is 0 Å². The number of carboxylic acids is 2. The minimum absolute atomic E-state index is 0.212. The van der Waals surface area contributed by atoms with E-state index in [-0.39, 0.29) is 17.8 Å². The standard InChI is InChI=1S/C16H19Br2F2N3O5/c17-3-5-23(6-4-18)14-10(19)7-9(8-11(14)20)21-16(28)22-12(15(26)27)1-2-13(24)25/h7-8,12H,1-6H2,(H,24,25)(H,26,27)(H2,21,22,28)/t12-/m0/s1. The number of anilines is 2. The second-order valence-corrected chi connectivity index (χ2v) is 7.16. The molecule has 0 aliphatic carbocycles. The largest absolute Gasteiger partial charge is 0.481 e. The topological polar surface area (TPSA) is 119 Å². The second-order valence-electron chi connectivity index (χ2n) is 5.58. The Kier molecular flexibility index (Phi) is 10.1. The molecule has 0 saturated carbocycles. The first kappa shape index (κ1) is 24.1. The maximum atomic E-state index is 14.4. The second kappa shape index (κ2) is 11.8. The van der Waals surface area contributed by atoms with E-state index in [1.165, 1.54) is 4.90 Å². The zero-order valence-corrected chi connectivity index (χ0v) is 17.7. The van der Waals surface area contributed by atoms with Crippen LogP contribution in [0.1, 0.15) is 12.8 Å². The van der Waals surface area contributed by atoms with Crippen molar-refractivity contribution in [3.05, 3.63) is 23.8 Å². The maximum Gasteiger partial charge on any atom is 0.326 e. The number of rotatable bonds is 11. The molecular weight excluding hydrogens is 512 g/mol. The van der Waals surface area contributed by atoms with Crippen LogP contribution in [0.15, 0.2) is 12.1 Å². The lowest BCUT2D eigenvalue weighted by molar-refractivity contribution is -0.140. The minimum atomic E-state index is -1.46. The fourth-order valence-electron chi connectivity index (χ4n) is 2.33. The first-order valence-corrected chi connectivity index (χ1v) is 10.3. The molecule has 156 valence electrons. The Morgan fingerprint density at radius 1 is 1.07 bits per heavy atom. The van der Waals surface area contributed by atoms with Crippen LogP contribution in [0.5, 0.6) is 0 Å². The van der Waals surface area contributed by atoms with E-state index in [9.17, 15) is 23.2 Å². The predicted molar refractivity (Wildman–Crippen MR) is 107 cm³/mol. The van der Waals surface area contributed by atoms with E-state index in [1.807, 2.05) is 0 Å². The van der Waals surface area contributed by atoms with E-state index in [0.717, 1.165) is 12.1 Å². The van der Waals surface area contributed by atoms with E-state index in [1.54, 1.807) is 0 Å². The Balaban J connectivity index is 2.90. The van der Waals surface area contributed by atoms with Gasteiger partial charge in [0, 0.05) is 35.9 Å². The number of hydrogen-bond acceptors (Lipinski definition) is 4. The number of nitrogens with zero attached hydrogens (tertiary/aromatic N) is 1. The average Bonchev–Trinajstić information content (AvgIpc) is 2.57. The lowest BCUT2D eigenvalue weighted by Gasteiger charge is -2.24. The van der Waals surface area contributed by atoms with Crippen molar-refractivity contribution in [3.63, 3.8) is 0 Å². The van der Waals surface area contributed by atoms with Gasteiger partial charge in [-0.25, -0.2) is 18.4 Å². The van der Waals surface area contributed by atoms with Crippen molar-refractivity contribution in [2.45, 2.75) is 18.9 Å². The molecule has 4 N–H and O–H groups in total. The molecule has 0 heterocycles. The predicted octanol–water partition coefficient (Wildman–Crippen LogP) is 3.00. The fraction of sp³-hybridized carbons (Fsp3) is 0.438. The number of hydrogen-bond donors (Lipinski definition) is 4. The quantitative estimate of drug-likeness (QED) is 0.327. The number of carboxylic acid groups (broad SMARTS) is 2. The number of benzene rings is 1. The zero-order chi connectivity index (χ0) is 21.3. The number of urea groups is 1. The maximum absolute atomic E-state index is 14.4. The van der Waals surface area contributed by atoms with Crippen LogP contribution < -0.4 is 15.5 Å². The Labute approximate surface area is 176 Å². The molecule has 0 fully saturated rings. The van der Waals surface area contributed by atoms with Crippen molar-refractivity contribution in [1.82, 2.24) is 5.32 Å². The third kappa shape index (κ3) is 7.58. The lowest BCUT2D eigenvalue weighted by atomic mass is 10.1. The number of carbonyl (C=O) groups excluding carboxylic acids is 1. The van der Waals surface area contributed by atoms with Gasteiger partial charge in [-0.3, -0.25) is 4.79 Å². The summed E-state index contributed by atoms with van der Waals surface area (Å²) < 4.78 is 28.8. The summed E-state index contributed by atoms with van der Waals surface area (Å²) >= 11 is 6.44. The van der Waals surface area contributed by atoms with Crippen LogP contribution in [0.25, 0.3) is 0 Å². The van der Waals surface area contributed by atoms with Gasteiger partial charge in [-0.1, -0.05) is 31.9 Å². The summed E-state index contributed by atoms with van der Waals surface area (Å²) in [5, 5.41) is 22.8. The molecule has 0 aliphatic heterocycles. The molecule has 8 nitrogen and oxygen atoms in total. The number of carbonyl (C=O) groups is 3. The monoisotopic (exact) mass is 529 g/mol. The Morgan fingerprint density at radius 3 is 2.04 bits per heavy atom. The lowest BCUT2D eigenvalue weighted by Crippen LogP contribution is -2.43. The van der Waals surface area contributed by atoms with Crippen LogP contribution in [0.4, 0.5) is 25.0 Å².